The first-order valence-corrected chi connectivity index (χ1v) is 14.4. The lowest BCUT2D eigenvalue weighted by atomic mass is 9.68. The highest BCUT2D eigenvalue weighted by atomic mass is 16.5. The fourth-order valence-electron chi connectivity index (χ4n) is 6.38. The van der Waals surface area contributed by atoms with E-state index < -0.39 is 0 Å². The van der Waals surface area contributed by atoms with Crippen molar-refractivity contribution in [2.75, 3.05) is 50.8 Å². The number of piperazine rings is 1. The molecule has 0 spiro atoms. The van der Waals surface area contributed by atoms with Crippen LogP contribution in [0.2, 0.25) is 0 Å². The minimum absolute atomic E-state index is 0.102. The van der Waals surface area contributed by atoms with E-state index in [1.165, 1.54) is 56.3 Å². The minimum Gasteiger partial charge on any atom is -0.381 e. The van der Waals surface area contributed by atoms with E-state index in [1.807, 2.05) is 0 Å². The van der Waals surface area contributed by atoms with Gasteiger partial charge in [0.2, 0.25) is 0 Å². The summed E-state index contributed by atoms with van der Waals surface area (Å²) in [6.07, 6.45) is 9.38. The molecule has 1 amide bonds. The zero-order valence-electron chi connectivity index (χ0n) is 22.8. The summed E-state index contributed by atoms with van der Waals surface area (Å²) in [5.41, 5.74) is 3.91. The molecule has 2 saturated heterocycles. The Labute approximate surface area is 214 Å². The van der Waals surface area contributed by atoms with Gasteiger partial charge in [0.1, 0.15) is 0 Å². The Morgan fingerprint density at radius 3 is 2.31 bits per heavy atom. The molecular weight excluding hydrogens is 434 g/mol. The van der Waals surface area contributed by atoms with Crippen molar-refractivity contribution >= 4 is 11.6 Å². The smallest absolute Gasteiger partial charge is 0.253 e. The van der Waals surface area contributed by atoms with Gasteiger partial charge in [0.15, 0.2) is 0 Å². The zero-order chi connectivity index (χ0) is 24.8. The van der Waals surface area contributed by atoms with Crippen LogP contribution in [0.25, 0.3) is 0 Å². The molecule has 35 heavy (non-hydrogen) atoms. The van der Waals surface area contributed by atoms with Crippen LogP contribution in [-0.4, -0.2) is 62.8 Å². The zero-order valence-corrected chi connectivity index (χ0v) is 22.8. The Morgan fingerprint density at radius 1 is 1.00 bits per heavy atom. The number of ether oxygens (including phenoxy) is 1. The Bertz CT molecular complexity index is 811. The lowest BCUT2D eigenvalue weighted by molar-refractivity contribution is 0.0696. The number of nitrogens with one attached hydrogen (secondary N) is 1. The van der Waals surface area contributed by atoms with Gasteiger partial charge in [-0.05, 0) is 80.4 Å². The third-order valence-electron chi connectivity index (χ3n) is 8.78. The molecule has 0 aromatic heterocycles. The summed E-state index contributed by atoms with van der Waals surface area (Å²) < 4.78 is 5.51. The molecule has 2 heterocycles. The van der Waals surface area contributed by atoms with Gasteiger partial charge in [-0.3, -0.25) is 9.69 Å². The molecule has 1 N–H and O–H groups in total. The third-order valence-corrected chi connectivity index (χ3v) is 8.78. The van der Waals surface area contributed by atoms with E-state index in [2.05, 4.69) is 61.0 Å². The summed E-state index contributed by atoms with van der Waals surface area (Å²) >= 11 is 0. The summed E-state index contributed by atoms with van der Waals surface area (Å²) in [7, 11) is 0. The third kappa shape index (κ3) is 6.80. The number of carbonyl (C=O) groups is 1. The van der Waals surface area contributed by atoms with Crippen molar-refractivity contribution in [1.82, 2.24) is 10.2 Å². The normalized spacial score (nSPS) is 25.0. The van der Waals surface area contributed by atoms with Crippen LogP contribution in [0.15, 0.2) is 18.2 Å². The second-order valence-electron chi connectivity index (χ2n) is 12.2. The van der Waals surface area contributed by atoms with Gasteiger partial charge in [-0.2, -0.15) is 0 Å². The number of amides is 1. The van der Waals surface area contributed by atoms with Gasteiger partial charge in [0.25, 0.3) is 5.91 Å². The minimum atomic E-state index is 0.102. The van der Waals surface area contributed by atoms with Crippen molar-refractivity contribution in [1.29, 1.82) is 0 Å². The van der Waals surface area contributed by atoms with Gasteiger partial charge < -0.3 is 15.0 Å². The largest absolute Gasteiger partial charge is 0.381 e. The van der Waals surface area contributed by atoms with Crippen molar-refractivity contribution in [3.63, 3.8) is 0 Å². The number of benzene rings is 1. The molecule has 3 aliphatic rings. The van der Waals surface area contributed by atoms with Gasteiger partial charge in [-0.1, -0.05) is 46.2 Å². The molecule has 4 rings (SSSR count). The average molecular weight is 484 g/mol. The lowest BCUT2D eigenvalue weighted by Crippen LogP contribution is -2.48. The predicted molar refractivity (Wildman–Crippen MR) is 145 cm³/mol. The van der Waals surface area contributed by atoms with Gasteiger partial charge in [-0.15, -0.1) is 0 Å². The molecule has 3 fully saturated rings. The summed E-state index contributed by atoms with van der Waals surface area (Å²) in [6.45, 7) is 16.3. The molecule has 2 aliphatic heterocycles. The first-order chi connectivity index (χ1) is 16.9. The Balaban J connectivity index is 1.56. The molecule has 1 aliphatic carbocycles. The highest BCUT2D eigenvalue weighted by Gasteiger charge is 2.33. The average Bonchev–Trinajstić information content (AvgIpc) is 2.87. The van der Waals surface area contributed by atoms with E-state index in [-0.39, 0.29) is 11.9 Å². The van der Waals surface area contributed by atoms with Crippen LogP contribution in [0.5, 0.6) is 0 Å². The van der Waals surface area contributed by atoms with E-state index in [0.717, 1.165) is 63.7 Å². The molecule has 1 saturated carbocycles. The van der Waals surface area contributed by atoms with Crippen LogP contribution in [0.1, 0.15) is 101 Å². The number of para-hydroxylation sites is 1. The number of carbonyl (C=O) groups excluding carboxylic acids is 1. The van der Waals surface area contributed by atoms with Crippen LogP contribution in [0.3, 0.4) is 0 Å². The second-order valence-corrected chi connectivity index (χ2v) is 12.2. The van der Waals surface area contributed by atoms with Crippen molar-refractivity contribution in [3.8, 4) is 0 Å². The summed E-state index contributed by atoms with van der Waals surface area (Å²) in [6, 6.07) is 6.75. The summed E-state index contributed by atoms with van der Waals surface area (Å²) in [4.78, 5) is 18.7. The molecule has 5 heteroatoms. The molecule has 1 aromatic carbocycles. The fraction of sp³-hybridized carbons (Fsp3) is 0.767. The maximum absolute atomic E-state index is 13.6. The Kier molecular flexibility index (Phi) is 9.15. The maximum Gasteiger partial charge on any atom is 0.253 e. The first kappa shape index (κ1) is 26.5. The van der Waals surface area contributed by atoms with E-state index in [4.69, 9.17) is 4.74 Å². The van der Waals surface area contributed by atoms with Gasteiger partial charge in [0, 0.05) is 45.4 Å². The second kappa shape index (κ2) is 12.1. The molecule has 0 bridgehead atoms. The fourth-order valence-corrected chi connectivity index (χ4v) is 6.38. The number of rotatable bonds is 7. The van der Waals surface area contributed by atoms with Crippen LogP contribution < -0.4 is 10.2 Å². The number of hydrogen-bond acceptors (Lipinski definition) is 4. The van der Waals surface area contributed by atoms with E-state index in [0.29, 0.717) is 11.3 Å². The predicted octanol–water partition coefficient (Wildman–Crippen LogP) is 5.84. The molecule has 0 atom stereocenters. The number of hydrogen-bond donors (Lipinski definition) is 1. The van der Waals surface area contributed by atoms with Crippen molar-refractivity contribution < 1.29 is 9.53 Å². The van der Waals surface area contributed by atoms with Crippen molar-refractivity contribution in [3.05, 3.63) is 29.3 Å². The van der Waals surface area contributed by atoms with E-state index in [9.17, 15) is 4.79 Å². The van der Waals surface area contributed by atoms with Crippen molar-refractivity contribution in [2.24, 2.45) is 11.3 Å². The number of unbranched alkanes of at least 4 members (excludes halogenated alkanes) is 1. The molecule has 0 radical (unpaired) electrons. The van der Waals surface area contributed by atoms with Gasteiger partial charge in [0.05, 0.1) is 11.3 Å². The Hall–Kier alpha value is -1.59. The number of anilines is 1. The maximum atomic E-state index is 13.6. The SMILES string of the molecule is CCCCN1CCN(c2c(C(=O)NC3CCOCC3)cccc2C2CCC(C(C)(C)C)CC2)CC1. The van der Waals surface area contributed by atoms with Crippen LogP contribution in [0.4, 0.5) is 5.69 Å². The molecule has 1 aromatic rings. The van der Waals surface area contributed by atoms with Gasteiger partial charge in [-0.25, -0.2) is 0 Å². The highest BCUT2D eigenvalue weighted by molar-refractivity contribution is 6.01. The van der Waals surface area contributed by atoms with Crippen molar-refractivity contribution in [2.45, 2.75) is 91.0 Å². The lowest BCUT2D eigenvalue weighted by Gasteiger charge is -2.41. The summed E-state index contributed by atoms with van der Waals surface area (Å²) in [5, 5.41) is 3.35. The molecule has 196 valence electrons. The van der Waals surface area contributed by atoms with Gasteiger partial charge >= 0.3 is 0 Å². The summed E-state index contributed by atoms with van der Waals surface area (Å²) in [5.74, 6) is 1.45. The molecule has 5 nitrogen and oxygen atoms in total. The van der Waals surface area contributed by atoms with E-state index in [1.54, 1.807) is 0 Å². The highest BCUT2D eigenvalue weighted by Crippen LogP contribution is 2.46. The number of nitrogens with zero attached hydrogens (tertiary/aromatic N) is 2. The topological polar surface area (TPSA) is 44.8 Å². The Morgan fingerprint density at radius 2 is 1.69 bits per heavy atom. The monoisotopic (exact) mass is 483 g/mol. The first-order valence-electron chi connectivity index (χ1n) is 14.4. The van der Waals surface area contributed by atoms with E-state index >= 15 is 0 Å². The standard InChI is InChI=1S/C30H49N3O2/c1-5-6-16-32-17-19-33(20-18-32)28-26(23-10-12-24(13-11-23)30(2,3)4)8-7-9-27(28)29(34)31-25-14-21-35-22-15-25/h7-9,23-25H,5-6,10-22H2,1-4H3,(H,31,34). The molecule has 0 unspecified atom stereocenters. The van der Waals surface area contributed by atoms with Crippen LogP contribution in [0, 0.1) is 11.3 Å². The van der Waals surface area contributed by atoms with Crippen LogP contribution >= 0.6 is 0 Å². The quantitative estimate of drug-likeness (QED) is 0.529. The molecular formula is C30H49N3O2. The van der Waals surface area contributed by atoms with Crippen LogP contribution in [-0.2, 0) is 4.74 Å².